The van der Waals surface area contributed by atoms with E-state index in [0.29, 0.717) is 18.0 Å². The SMILES string of the molecule is CCCC1=C(C)CC(Cl)=NC=C1[N+](=O)[O-]. The Kier molecular flexibility index (Phi) is 4.03. The molecule has 0 radical (unpaired) electrons. The first-order chi connectivity index (χ1) is 7.06. The molecule has 1 rings (SSSR count). The van der Waals surface area contributed by atoms with Gasteiger partial charge >= 0.3 is 0 Å². The molecule has 15 heavy (non-hydrogen) atoms. The Balaban J connectivity index is 3.16. The Bertz CT molecular complexity index is 370. The van der Waals surface area contributed by atoms with Crippen LogP contribution in [-0.2, 0) is 0 Å². The normalized spacial score (nSPS) is 17.0. The number of nitrogens with zero attached hydrogens (tertiary/aromatic N) is 2. The lowest BCUT2D eigenvalue weighted by Crippen LogP contribution is -2.03. The number of hydrogen-bond donors (Lipinski definition) is 0. The largest absolute Gasteiger partial charge is 0.290 e. The molecule has 5 heteroatoms. The lowest BCUT2D eigenvalue weighted by atomic mass is 10.0. The fourth-order valence-corrected chi connectivity index (χ4v) is 1.80. The average Bonchev–Trinajstić information content (AvgIpc) is 2.27. The third-order valence-electron chi connectivity index (χ3n) is 2.26. The summed E-state index contributed by atoms with van der Waals surface area (Å²) in [7, 11) is 0. The van der Waals surface area contributed by atoms with Crippen LogP contribution in [-0.4, -0.2) is 10.1 Å². The molecule has 1 aliphatic heterocycles. The number of rotatable bonds is 3. The van der Waals surface area contributed by atoms with Crippen LogP contribution in [0.4, 0.5) is 0 Å². The predicted molar refractivity (Wildman–Crippen MR) is 60.6 cm³/mol. The second-order valence-corrected chi connectivity index (χ2v) is 3.90. The molecule has 0 aromatic carbocycles. The van der Waals surface area contributed by atoms with Crippen LogP contribution < -0.4 is 0 Å². The van der Waals surface area contributed by atoms with E-state index >= 15 is 0 Å². The highest BCUT2D eigenvalue weighted by Crippen LogP contribution is 2.26. The summed E-state index contributed by atoms with van der Waals surface area (Å²) in [6, 6.07) is 0. The van der Waals surface area contributed by atoms with Crippen LogP contribution in [0.2, 0.25) is 0 Å². The molecular weight excluding hydrogens is 216 g/mol. The highest BCUT2D eigenvalue weighted by molar-refractivity contribution is 6.65. The van der Waals surface area contributed by atoms with Crippen LogP contribution in [0, 0.1) is 10.1 Å². The van der Waals surface area contributed by atoms with E-state index in [1.54, 1.807) is 0 Å². The van der Waals surface area contributed by atoms with Crippen molar-refractivity contribution in [1.82, 2.24) is 0 Å². The van der Waals surface area contributed by atoms with Crippen molar-refractivity contribution in [1.29, 1.82) is 0 Å². The summed E-state index contributed by atoms with van der Waals surface area (Å²) in [5.41, 5.74) is 1.78. The third kappa shape index (κ3) is 2.89. The smallest absolute Gasteiger partial charge is 0.258 e. The quantitative estimate of drug-likeness (QED) is 0.550. The average molecular weight is 229 g/mol. The van der Waals surface area contributed by atoms with Gasteiger partial charge in [-0.05, 0) is 13.3 Å². The maximum Gasteiger partial charge on any atom is 0.290 e. The third-order valence-corrected chi connectivity index (χ3v) is 2.49. The fraction of sp³-hybridized carbons (Fsp3) is 0.500. The van der Waals surface area contributed by atoms with Crippen LogP contribution in [0.15, 0.2) is 28.0 Å². The van der Waals surface area contributed by atoms with E-state index in [4.69, 9.17) is 11.6 Å². The molecule has 0 saturated carbocycles. The first-order valence-corrected chi connectivity index (χ1v) is 5.19. The van der Waals surface area contributed by atoms with Crippen molar-refractivity contribution in [2.45, 2.75) is 33.1 Å². The zero-order chi connectivity index (χ0) is 11.4. The molecule has 0 saturated heterocycles. The summed E-state index contributed by atoms with van der Waals surface area (Å²) < 4.78 is 0. The van der Waals surface area contributed by atoms with Gasteiger partial charge in [-0.2, -0.15) is 0 Å². The van der Waals surface area contributed by atoms with Gasteiger partial charge in [0.25, 0.3) is 5.70 Å². The zero-order valence-electron chi connectivity index (χ0n) is 8.79. The molecule has 0 bridgehead atoms. The zero-order valence-corrected chi connectivity index (χ0v) is 9.54. The number of allylic oxidation sites excluding steroid dienone is 2. The van der Waals surface area contributed by atoms with Gasteiger partial charge in [-0.1, -0.05) is 30.5 Å². The van der Waals surface area contributed by atoms with E-state index in [1.807, 2.05) is 13.8 Å². The molecule has 1 aliphatic rings. The topological polar surface area (TPSA) is 55.5 Å². The van der Waals surface area contributed by atoms with Gasteiger partial charge in [0.05, 0.1) is 4.92 Å². The molecule has 0 amide bonds. The summed E-state index contributed by atoms with van der Waals surface area (Å²) in [5, 5.41) is 11.2. The molecule has 4 nitrogen and oxygen atoms in total. The molecule has 0 atom stereocenters. The molecule has 82 valence electrons. The molecule has 0 aromatic rings. The number of hydrogen-bond acceptors (Lipinski definition) is 3. The summed E-state index contributed by atoms with van der Waals surface area (Å²) in [6.07, 6.45) is 3.32. The van der Waals surface area contributed by atoms with Crippen molar-refractivity contribution in [3.05, 3.63) is 33.2 Å². The van der Waals surface area contributed by atoms with E-state index in [0.717, 1.165) is 17.6 Å². The molecule has 0 N–H and O–H groups in total. The van der Waals surface area contributed by atoms with Crippen molar-refractivity contribution >= 4 is 16.8 Å². The van der Waals surface area contributed by atoms with E-state index in [2.05, 4.69) is 4.99 Å². The van der Waals surface area contributed by atoms with Gasteiger partial charge in [-0.3, -0.25) is 10.1 Å². The van der Waals surface area contributed by atoms with Crippen LogP contribution >= 0.6 is 11.6 Å². The summed E-state index contributed by atoms with van der Waals surface area (Å²) in [6.45, 7) is 3.86. The van der Waals surface area contributed by atoms with E-state index < -0.39 is 4.92 Å². The first-order valence-electron chi connectivity index (χ1n) is 4.82. The predicted octanol–water partition coefficient (Wildman–Crippen LogP) is 3.26. The Hall–Kier alpha value is -1.16. The highest BCUT2D eigenvalue weighted by atomic mass is 35.5. The summed E-state index contributed by atoms with van der Waals surface area (Å²) in [4.78, 5) is 14.3. The highest BCUT2D eigenvalue weighted by Gasteiger charge is 2.21. The van der Waals surface area contributed by atoms with Crippen molar-refractivity contribution < 1.29 is 4.92 Å². The Morgan fingerprint density at radius 2 is 2.33 bits per heavy atom. The molecule has 0 aliphatic carbocycles. The molecule has 0 unspecified atom stereocenters. The molecule has 1 heterocycles. The summed E-state index contributed by atoms with van der Waals surface area (Å²) in [5.74, 6) is 0. The van der Waals surface area contributed by atoms with Crippen molar-refractivity contribution in [2.75, 3.05) is 0 Å². The molecule has 0 aromatic heterocycles. The van der Waals surface area contributed by atoms with Crippen molar-refractivity contribution in [2.24, 2.45) is 4.99 Å². The van der Waals surface area contributed by atoms with Gasteiger partial charge in [0.1, 0.15) is 11.4 Å². The number of nitro groups is 1. The standard InChI is InChI=1S/C10H13ClN2O2/c1-3-4-8-7(2)5-10(11)12-6-9(8)13(14)15/h6H,3-5H2,1-2H3. The number of halogens is 1. The van der Waals surface area contributed by atoms with Gasteiger partial charge < -0.3 is 0 Å². The minimum absolute atomic E-state index is 0.0741. The maximum atomic E-state index is 10.8. The van der Waals surface area contributed by atoms with Gasteiger partial charge in [-0.15, -0.1) is 0 Å². The Morgan fingerprint density at radius 1 is 1.67 bits per heavy atom. The van der Waals surface area contributed by atoms with E-state index in [1.165, 1.54) is 6.20 Å². The van der Waals surface area contributed by atoms with Gasteiger partial charge in [-0.25, -0.2) is 4.99 Å². The van der Waals surface area contributed by atoms with Crippen LogP contribution in [0.3, 0.4) is 0 Å². The van der Waals surface area contributed by atoms with Crippen molar-refractivity contribution in [3.63, 3.8) is 0 Å². The van der Waals surface area contributed by atoms with Crippen LogP contribution in [0.5, 0.6) is 0 Å². The molecule has 0 spiro atoms. The lowest BCUT2D eigenvalue weighted by Gasteiger charge is -2.05. The monoisotopic (exact) mass is 228 g/mol. The van der Waals surface area contributed by atoms with Gasteiger partial charge in [0.15, 0.2) is 0 Å². The number of aliphatic imine (C=N–C) groups is 1. The summed E-state index contributed by atoms with van der Waals surface area (Å²) >= 11 is 5.80. The Labute approximate surface area is 93.5 Å². The second-order valence-electron chi connectivity index (χ2n) is 3.46. The van der Waals surface area contributed by atoms with E-state index in [9.17, 15) is 10.1 Å². The first kappa shape index (κ1) is 11.9. The Morgan fingerprint density at radius 3 is 2.87 bits per heavy atom. The second kappa shape index (κ2) is 5.07. The van der Waals surface area contributed by atoms with Gasteiger partial charge in [0, 0.05) is 12.0 Å². The van der Waals surface area contributed by atoms with E-state index in [-0.39, 0.29) is 5.70 Å². The minimum atomic E-state index is -0.395. The van der Waals surface area contributed by atoms with Crippen molar-refractivity contribution in [3.8, 4) is 0 Å². The van der Waals surface area contributed by atoms with Gasteiger partial charge in [0.2, 0.25) is 0 Å². The lowest BCUT2D eigenvalue weighted by molar-refractivity contribution is -0.421. The molecular formula is C10H13ClN2O2. The van der Waals surface area contributed by atoms with Crippen LogP contribution in [0.25, 0.3) is 0 Å². The fourth-order valence-electron chi connectivity index (χ4n) is 1.55. The maximum absolute atomic E-state index is 10.8. The van der Waals surface area contributed by atoms with Crippen LogP contribution in [0.1, 0.15) is 33.1 Å². The molecule has 0 fully saturated rings. The minimum Gasteiger partial charge on any atom is -0.258 e.